The van der Waals surface area contributed by atoms with Gasteiger partial charge in [0.25, 0.3) is 5.91 Å². The first-order valence-corrected chi connectivity index (χ1v) is 8.77. The van der Waals surface area contributed by atoms with Gasteiger partial charge in [-0.25, -0.2) is 4.99 Å². The summed E-state index contributed by atoms with van der Waals surface area (Å²) in [5, 5.41) is 9.12. The van der Waals surface area contributed by atoms with E-state index in [1.54, 1.807) is 0 Å². The van der Waals surface area contributed by atoms with Crippen LogP contribution < -0.4 is 20.7 Å². The van der Waals surface area contributed by atoms with Crippen LogP contribution in [0.5, 0.6) is 5.75 Å². The minimum atomic E-state index is -0.126. The first-order chi connectivity index (χ1) is 12.2. The second-order valence-electron chi connectivity index (χ2n) is 5.21. The molecule has 25 heavy (non-hydrogen) atoms. The van der Waals surface area contributed by atoms with Gasteiger partial charge in [-0.15, -0.1) is 0 Å². The van der Waals surface area contributed by atoms with Gasteiger partial charge < -0.3 is 25.4 Å². The van der Waals surface area contributed by atoms with Crippen molar-refractivity contribution in [3.05, 3.63) is 29.8 Å². The quantitative estimate of drug-likeness (QED) is 0.318. The van der Waals surface area contributed by atoms with Crippen LogP contribution in [0.15, 0.2) is 29.3 Å². The molecule has 1 aromatic rings. The molecule has 1 aromatic carbocycles. The Kier molecular flexibility index (Phi) is 10.8. The third kappa shape index (κ3) is 9.56. The molecule has 7 nitrogen and oxygen atoms in total. The number of likely N-dealkylation sites (N-methyl/N-ethyl adjacent to an activating group) is 1. The van der Waals surface area contributed by atoms with Gasteiger partial charge in [0.1, 0.15) is 5.75 Å². The van der Waals surface area contributed by atoms with Crippen LogP contribution in [0.4, 0.5) is 0 Å². The van der Waals surface area contributed by atoms with Crippen molar-refractivity contribution in [1.82, 2.24) is 16.0 Å². The lowest BCUT2D eigenvalue weighted by atomic mass is 10.2. The van der Waals surface area contributed by atoms with E-state index in [4.69, 9.17) is 9.47 Å². The summed E-state index contributed by atoms with van der Waals surface area (Å²) in [5.74, 6) is 1.28. The summed E-state index contributed by atoms with van der Waals surface area (Å²) < 4.78 is 10.8. The van der Waals surface area contributed by atoms with Crippen LogP contribution >= 0.6 is 0 Å². The van der Waals surface area contributed by atoms with Crippen molar-refractivity contribution in [2.24, 2.45) is 4.99 Å². The van der Waals surface area contributed by atoms with Crippen molar-refractivity contribution in [3.8, 4) is 5.75 Å². The largest absolute Gasteiger partial charge is 0.484 e. The number of hydrogen-bond donors (Lipinski definition) is 3. The van der Waals surface area contributed by atoms with Crippen molar-refractivity contribution in [3.63, 3.8) is 0 Å². The molecule has 0 bridgehead atoms. The van der Waals surface area contributed by atoms with Crippen molar-refractivity contribution in [2.75, 3.05) is 39.5 Å². The number of rotatable bonds is 11. The number of nitrogens with one attached hydrogen (secondary N) is 3. The van der Waals surface area contributed by atoms with E-state index in [0.29, 0.717) is 38.6 Å². The molecule has 1 amide bonds. The maximum absolute atomic E-state index is 11.5. The summed E-state index contributed by atoms with van der Waals surface area (Å²) in [6.07, 6.45) is 0. The van der Waals surface area contributed by atoms with E-state index >= 15 is 0 Å². The first-order valence-electron chi connectivity index (χ1n) is 8.77. The third-order valence-electron chi connectivity index (χ3n) is 3.15. The zero-order chi connectivity index (χ0) is 18.3. The molecule has 0 saturated heterocycles. The van der Waals surface area contributed by atoms with Gasteiger partial charge in [0.2, 0.25) is 0 Å². The summed E-state index contributed by atoms with van der Waals surface area (Å²) in [6, 6.07) is 7.60. The van der Waals surface area contributed by atoms with Gasteiger partial charge >= 0.3 is 0 Å². The normalized spacial score (nSPS) is 11.1. The fraction of sp³-hybridized carbons (Fsp3) is 0.556. The molecule has 0 fully saturated rings. The fourth-order valence-electron chi connectivity index (χ4n) is 2.03. The van der Waals surface area contributed by atoms with Crippen LogP contribution in [0.3, 0.4) is 0 Å². The van der Waals surface area contributed by atoms with Gasteiger partial charge in [-0.3, -0.25) is 4.79 Å². The molecule has 0 aliphatic carbocycles. The smallest absolute Gasteiger partial charge is 0.257 e. The van der Waals surface area contributed by atoms with Crippen LogP contribution in [0.1, 0.15) is 26.3 Å². The lowest BCUT2D eigenvalue weighted by molar-refractivity contribution is -0.122. The molecule has 7 heteroatoms. The summed E-state index contributed by atoms with van der Waals surface area (Å²) in [6.45, 7) is 9.84. The molecule has 0 aliphatic rings. The van der Waals surface area contributed by atoms with Crippen molar-refractivity contribution < 1.29 is 14.3 Å². The van der Waals surface area contributed by atoms with E-state index in [1.807, 2.05) is 45.0 Å². The molecule has 0 radical (unpaired) electrons. The number of aliphatic imine (C=N–C) groups is 1. The summed E-state index contributed by atoms with van der Waals surface area (Å²) in [5.41, 5.74) is 1.01. The number of ether oxygens (including phenoxy) is 2. The Balaban J connectivity index is 2.54. The van der Waals surface area contributed by atoms with Gasteiger partial charge in [-0.05, 0) is 38.5 Å². The van der Waals surface area contributed by atoms with Crippen molar-refractivity contribution >= 4 is 11.9 Å². The van der Waals surface area contributed by atoms with Crippen LogP contribution in [-0.2, 0) is 16.1 Å². The number of carbonyl (C=O) groups excluding carboxylic acids is 1. The number of amides is 1. The Labute approximate surface area is 150 Å². The molecule has 140 valence electrons. The van der Waals surface area contributed by atoms with Gasteiger partial charge in [0.05, 0.1) is 13.2 Å². The topological polar surface area (TPSA) is 84.0 Å². The first kappa shape index (κ1) is 20.8. The molecular formula is C18H30N4O3. The third-order valence-corrected chi connectivity index (χ3v) is 3.15. The van der Waals surface area contributed by atoms with E-state index in [1.165, 1.54) is 0 Å². The minimum absolute atomic E-state index is 0.0161. The fourth-order valence-corrected chi connectivity index (χ4v) is 2.03. The maximum Gasteiger partial charge on any atom is 0.257 e. The van der Waals surface area contributed by atoms with E-state index in [2.05, 4.69) is 20.9 Å². The van der Waals surface area contributed by atoms with E-state index in [0.717, 1.165) is 18.1 Å². The Morgan fingerprint density at radius 3 is 2.64 bits per heavy atom. The molecule has 0 aliphatic heterocycles. The molecule has 0 unspecified atom stereocenters. The Morgan fingerprint density at radius 1 is 1.12 bits per heavy atom. The highest BCUT2D eigenvalue weighted by Crippen LogP contribution is 2.14. The van der Waals surface area contributed by atoms with Crippen molar-refractivity contribution in [2.45, 2.75) is 27.3 Å². The number of nitrogens with zero attached hydrogens (tertiary/aromatic N) is 1. The Hall–Kier alpha value is -2.28. The second kappa shape index (κ2) is 13.1. The monoisotopic (exact) mass is 350 g/mol. The highest BCUT2D eigenvalue weighted by atomic mass is 16.5. The van der Waals surface area contributed by atoms with Gasteiger partial charge in [0.15, 0.2) is 12.6 Å². The predicted molar refractivity (Wildman–Crippen MR) is 99.9 cm³/mol. The standard InChI is InChI=1S/C18H30N4O3/c1-4-19-17(23)14-25-16-9-7-8-15(12-16)13-22-18(20-5-2)21-10-11-24-6-3/h7-9,12H,4-6,10-11,13-14H2,1-3H3,(H,19,23)(H2,20,21,22). The lowest BCUT2D eigenvalue weighted by Crippen LogP contribution is -2.39. The minimum Gasteiger partial charge on any atom is -0.484 e. The second-order valence-corrected chi connectivity index (χ2v) is 5.21. The Bertz CT molecular complexity index is 535. The molecule has 0 atom stereocenters. The zero-order valence-electron chi connectivity index (χ0n) is 15.4. The van der Waals surface area contributed by atoms with E-state index in [9.17, 15) is 4.79 Å². The predicted octanol–water partition coefficient (Wildman–Crippen LogP) is 1.29. The molecule has 3 N–H and O–H groups in total. The SMILES string of the molecule is CCNC(=O)COc1cccc(CN=C(NCC)NCCOCC)c1. The summed E-state index contributed by atoms with van der Waals surface area (Å²) in [4.78, 5) is 16.0. The van der Waals surface area contributed by atoms with E-state index < -0.39 is 0 Å². The molecule has 0 spiro atoms. The maximum atomic E-state index is 11.5. The Morgan fingerprint density at radius 2 is 1.92 bits per heavy atom. The number of carbonyl (C=O) groups is 1. The van der Waals surface area contributed by atoms with Crippen LogP contribution in [0.2, 0.25) is 0 Å². The van der Waals surface area contributed by atoms with Crippen LogP contribution in [0.25, 0.3) is 0 Å². The summed E-state index contributed by atoms with van der Waals surface area (Å²) in [7, 11) is 0. The average Bonchev–Trinajstić information content (AvgIpc) is 2.62. The molecule has 1 rings (SSSR count). The number of benzene rings is 1. The van der Waals surface area contributed by atoms with E-state index in [-0.39, 0.29) is 12.5 Å². The summed E-state index contributed by atoms with van der Waals surface area (Å²) >= 11 is 0. The highest BCUT2D eigenvalue weighted by Gasteiger charge is 2.02. The number of guanidine groups is 1. The molecule has 0 aromatic heterocycles. The van der Waals surface area contributed by atoms with Gasteiger partial charge in [-0.1, -0.05) is 12.1 Å². The molecule has 0 heterocycles. The molecule has 0 saturated carbocycles. The van der Waals surface area contributed by atoms with Gasteiger partial charge in [0, 0.05) is 26.2 Å². The van der Waals surface area contributed by atoms with Crippen LogP contribution in [-0.4, -0.2) is 51.3 Å². The molecular weight excluding hydrogens is 320 g/mol. The number of hydrogen-bond acceptors (Lipinski definition) is 4. The average molecular weight is 350 g/mol. The van der Waals surface area contributed by atoms with Crippen LogP contribution in [0, 0.1) is 0 Å². The van der Waals surface area contributed by atoms with Crippen molar-refractivity contribution in [1.29, 1.82) is 0 Å². The highest BCUT2D eigenvalue weighted by molar-refractivity contribution is 5.79. The zero-order valence-corrected chi connectivity index (χ0v) is 15.4. The lowest BCUT2D eigenvalue weighted by Gasteiger charge is -2.11. The van der Waals surface area contributed by atoms with Gasteiger partial charge in [-0.2, -0.15) is 0 Å².